The smallest absolute Gasteiger partial charge is 0.223 e. The largest absolute Gasteiger partial charge is 0.338 e. The van der Waals surface area contributed by atoms with E-state index in [0.29, 0.717) is 18.9 Å². The summed E-state index contributed by atoms with van der Waals surface area (Å²) in [5, 5.41) is 0. The molecule has 1 rings (SSSR count). The fourth-order valence-electron chi connectivity index (χ4n) is 2.07. The number of amides is 1. The van der Waals surface area contributed by atoms with Gasteiger partial charge < -0.3 is 10.6 Å². The van der Waals surface area contributed by atoms with E-state index in [1.165, 1.54) is 0 Å². The Morgan fingerprint density at radius 3 is 2.50 bits per heavy atom. The second kappa shape index (κ2) is 3.05. The minimum absolute atomic E-state index is 0.0411. The first-order valence-corrected chi connectivity index (χ1v) is 4.54. The predicted octanol–water partition coefficient (Wildman–Crippen LogP) is 0.592. The molecule has 1 aliphatic heterocycles. The Hall–Kier alpha value is -0.570. The van der Waals surface area contributed by atoms with Crippen LogP contribution in [0.3, 0.4) is 0 Å². The summed E-state index contributed by atoms with van der Waals surface area (Å²) in [5.41, 5.74) is 5.57. The zero-order chi connectivity index (χ0) is 9.35. The summed E-state index contributed by atoms with van der Waals surface area (Å²) in [6, 6.07) is 0. The van der Waals surface area contributed by atoms with Crippen molar-refractivity contribution >= 4 is 5.91 Å². The third-order valence-electron chi connectivity index (χ3n) is 3.02. The summed E-state index contributed by atoms with van der Waals surface area (Å²) >= 11 is 0. The summed E-state index contributed by atoms with van der Waals surface area (Å²) in [5.74, 6) is 0.572. The van der Waals surface area contributed by atoms with Gasteiger partial charge in [-0.25, -0.2) is 0 Å². The standard InChI is InChI=1S/C9H18N2O/c1-4-11-8(12)5-7(6-10)9(11,2)3/h7H,4-6,10H2,1-3H3. The van der Waals surface area contributed by atoms with E-state index in [-0.39, 0.29) is 11.4 Å². The Bertz CT molecular complexity index is 189. The maximum absolute atomic E-state index is 11.5. The third kappa shape index (κ3) is 1.22. The third-order valence-corrected chi connectivity index (χ3v) is 3.02. The van der Waals surface area contributed by atoms with Crippen molar-refractivity contribution in [1.29, 1.82) is 0 Å². The first-order chi connectivity index (χ1) is 5.54. The minimum atomic E-state index is -0.0411. The molecule has 0 aromatic rings. The molecule has 1 saturated heterocycles. The predicted molar refractivity (Wildman–Crippen MR) is 48.6 cm³/mol. The number of nitrogens with zero attached hydrogens (tertiary/aromatic N) is 1. The van der Waals surface area contributed by atoms with Crippen molar-refractivity contribution in [3.05, 3.63) is 0 Å². The van der Waals surface area contributed by atoms with Crippen molar-refractivity contribution in [2.75, 3.05) is 13.1 Å². The summed E-state index contributed by atoms with van der Waals surface area (Å²) in [6.45, 7) is 7.61. The van der Waals surface area contributed by atoms with Gasteiger partial charge >= 0.3 is 0 Å². The second-order valence-electron chi connectivity index (χ2n) is 3.93. The van der Waals surface area contributed by atoms with Gasteiger partial charge in [-0.15, -0.1) is 0 Å². The molecule has 1 amide bonds. The quantitative estimate of drug-likeness (QED) is 0.659. The van der Waals surface area contributed by atoms with Crippen molar-refractivity contribution in [3.63, 3.8) is 0 Å². The topological polar surface area (TPSA) is 46.3 Å². The highest BCUT2D eigenvalue weighted by atomic mass is 16.2. The maximum atomic E-state index is 11.5. The Morgan fingerprint density at radius 1 is 1.67 bits per heavy atom. The van der Waals surface area contributed by atoms with E-state index in [9.17, 15) is 4.79 Å². The molecule has 0 bridgehead atoms. The molecule has 3 nitrogen and oxygen atoms in total. The fourth-order valence-corrected chi connectivity index (χ4v) is 2.07. The van der Waals surface area contributed by atoms with Crippen LogP contribution in [-0.2, 0) is 4.79 Å². The van der Waals surface area contributed by atoms with Gasteiger partial charge in [0.2, 0.25) is 5.91 Å². The van der Waals surface area contributed by atoms with Gasteiger partial charge in [0, 0.05) is 24.4 Å². The summed E-state index contributed by atoms with van der Waals surface area (Å²) in [6.07, 6.45) is 0.622. The number of carbonyl (C=O) groups excluding carboxylic acids is 1. The van der Waals surface area contributed by atoms with Crippen LogP contribution >= 0.6 is 0 Å². The Labute approximate surface area is 73.9 Å². The molecule has 0 aliphatic carbocycles. The molecule has 0 aromatic heterocycles. The number of hydrogen-bond acceptors (Lipinski definition) is 2. The minimum Gasteiger partial charge on any atom is -0.338 e. The number of nitrogens with two attached hydrogens (primary N) is 1. The summed E-state index contributed by atoms with van der Waals surface area (Å²) in [7, 11) is 0. The molecule has 0 radical (unpaired) electrons. The van der Waals surface area contributed by atoms with Gasteiger partial charge in [0.15, 0.2) is 0 Å². The van der Waals surface area contributed by atoms with Gasteiger partial charge in [0.1, 0.15) is 0 Å². The lowest BCUT2D eigenvalue weighted by molar-refractivity contribution is -0.130. The van der Waals surface area contributed by atoms with E-state index in [0.717, 1.165) is 6.54 Å². The molecule has 0 aromatic carbocycles. The lowest BCUT2D eigenvalue weighted by Crippen LogP contribution is -2.45. The molecule has 3 heteroatoms. The monoisotopic (exact) mass is 170 g/mol. The Balaban J connectivity index is 2.83. The highest BCUT2D eigenvalue weighted by Gasteiger charge is 2.44. The normalized spacial score (nSPS) is 28.2. The molecule has 12 heavy (non-hydrogen) atoms. The zero-order valence-electron chi connectivity index (χ0n) is 8.13. The molecule has 70 valence electrons. The van der Waals surface area contributed by atoms with Gasteiger partial charge in [-0.3, -0.25) is 4.79 Å². The lowest BCUT2D eigenvalue weighted by Gasteiger charge is -2.34. The van der Waals surface area contributed by atoms with Crippen LogP contribution < -0.4 is 5.73 Å². The molecular formula is C9H18N2O. The molecule has 0 saturated carbocycles. The van der Waals surface area contributed by atoms with Crippen LogP contribution in [0, 0.1) is 5.92 Å². The van der Waals surface area contributed by atoms with Crippen LogP contribution in [-0.4, -0.2) is 29.4 Å². The van der Waals surface area contributed by atoms with Gasteiger partial charge in [-0.1, -0.05) is 0 Å². The van der Waals surface area contributed by atoms with E-state index < -0.39 is 0 Å². The zero-order valence-corrected chi connectivity index (χ0v) is 8.13. The van der Waals surface area contributed by atoms with Gasteiger partial charge in [-0.2, -0.15) is 0 Å². The van der Waals surface area contributed by atoms with Crippen molar-refractivity contribution < 1.29 is 4.79 Å². The average molecular weight is 170 g/mol. The maximum Gasteiger partial charge on any atom is 0.223 e. The molecule has 1 aliphatic rings. The SMILES string of the molecule is CCN1C(=O)CC(CN)C1(C)C. The fraction of sp³-hybridized carbons (Fsp3) is 0.889. The van der Waals surface area contributed by atoms with Crippen LogP contribution in [0.15, 0.2) is 0 Å². The van der Waals surface area contributed by atoms with Crippen LogP contribution in [0.1, 0.15) is 27.2 Å². The van der Waals surface area contributed by atoms with Gasteiger partial charge in [0.25, 0.3) is 0 Å². The molecular weight excluding hydrogens is 152 g/mol. The Morgan fingerprint density at radius 2 is 2.25 bits per heavy atom. The highest BCUT2D eigenvalue weighted by Crippen LogP contribution is 2.34. The molecule has 2 N–H and O–H groups in total. The van der Waals surface area contributed by atoms with Gasteiger partial charge in [0.05, 0.1) is 0 Å². The van der Waals surface area contributed by atoms with E-state index in [4.69, 9.17) is 5.73 Å². The Kier molecular flexibility index (Phi) is 2.42. The van der Waals surface area contributed by atoms with Crippen molar-refractivity contribution in [3.8, 4) is 0 Å². The number of rotatable bonds is 2. The number of likely N-dealkylation sites (tertiary alicyclic amines) is 1. The van der Waals surface area contributed by atoms with E-state index in [1.807, 2.05) is 11.8 Å². The summed E-state index contributed by atoms with van der Waals surface area (Å²) in [4.78, 5) is 13.4. The highest BCUT2D eigenvalue weighted by molar-refractivity contribution is 5.80. The molecule has 1 fully saturated rings. The van der Waals surface area contributed by atoms with Crippen molar-refractivity contribution in [1.82, 2.24) is 4.90 Å². The first-order valence-electron chi connectivity index (χ1n) is 4.54. The lowest BCUT2D eigenvalue weighted by atomic mass is 9.88. The van der Waals surface area contributed by atoms with Crippen molar-refractivity contribution in [2.45, 2.75) is 32.7 Å². The van der Waals surface area contributed by atoms with E-state index >= 15 is 0 Å². The number of carbonyl (C=O) groups is 1. The molecule has 1 unspecified atom stereocenters. The number of hydrogen-bond donors (Lipinski definition) is 1. The van der Waals surface area contributed by atoms with Crippen LogP contribution in [0.5, 0.6) is 0 Å². The molecule has 1 atom stereocenters. The molecule has 1 heterocycles. The average Bonchev–Trinajstić information content (AvgIpc) is 2.21. The molecule has 0 spiro atoms. The van der Waals surface area contributed by atoms with Gasteiger partial charge in [-0.05, 0) is 27.3 Å². The van der Waals surface area contributed by atoms with Crippen LogP contribution in [0.2, 0.25) is 0 Å². The van der Waals surface area contributed by atoms with E-state index in [2.05, 4.69) is 13.8 Å². The van der Waals surface area contributed by atoms with E-state index in [1.54, 1.807) is 0 Å². The van der Waals surface area contributed by atoms with Crippen LogP contribution in [0.25, 0.3) is 0 Å². The van der Waals surface area contributed by atoms with Crippen molar-refractivity contribution in [2.24, 2.45) is 11.7 Å². The van der Waals surface area contributed by atoms with Crippen LogP contribution in [0.4, 0.5) is 0 Å². The first kappa shape index (κ1) is 9.52. The second-order valence-corrected chi connectivity index (χ2v) is 3.93. The summed E-state index contributed by atoms with van der Waals surface area (Å²) < 4.78 is 0.